The highest BCUT2D eigenvalue weighted by molar-refractivity contribution is 8.15. The number of nitrogens with one attached hydrogen (secondary N) is 1. The van der Waals surface area contributed by atoms with Crippen molar-refractivity contribution in [3.05, 3.63) is 89.5 Å². The third kappa shape index (κ3) is 7.54. The molecule has 0 bridgehead atoms. The molecule has 4 aromatic rings. The van der Waals surface area contributed by atoms with E-state index in [9.17, 15) is 35.9 Å². The molecule has 240 valence electrons. The largest absolute Gasteiger partial charge is 0.416 e. The molecule has 1 saturated heterocycles. The number of urea groups is 1. The van der Waals surface area contributed by atoms with E-state index in [4.69, 9.17) is 4.74 Å². The molecule has 3 aromatic carbocycles. The number of alkyl halides is 6. The predicted molar refractivity (Wildman–Crippen MR) is 155 cm³/mol. The van der Waals surface area contributed by atoms with Gasteiger partial charge in [0.15, 0.2) is 11.0 Å². The molecule has 1 aliphatic rings. The van der Waals surface area contributed by atoms with Crippen LogP contribution in [0.25, 0.3) is 17.1 Å². The molecule has 1 N–H and O–H groups in total. The SMILES string of the molecule is Cc1cccc(N2C(=O)CSC2=NC(=O)Nc2ccc(-n3cnc(-c4ccc(C(F)(F)F)cc4)n3)cc2F)c1COCC(F)(F)F. The number of benzene rings is 3. The highest BCUT2D eigenvalue weighted by Crippen LogP contribution is 2.33. The van der Waals surface area contributed by atoms with Gasteiger partial charge in [-0.1, -0.05) is 36.0 Å². The minimum Gasteiger partial charge on any atom is -0.367 e. The monoisotopic (exact) mass is 666 g/mol. The summed E-state index contributed by atoms with van der Waals surface area (Å²) in [6.45, 7) is -0.312. The lowest BCUT2D eigenvalue weighted by Gasteiger charge is -2.21. The fourth-order valence-electron chi connectivity index (χ4n) is 4.34. The Morgan fingerprint density at radius 2 is 1.80 bits per heavy atom. The number of nitrogens with zero attached hydrogens (tertiary/aromatic N) is 5. The molecule has 46 heavy (non-hydrogen) atoms. The van der Waals surface area contributed by atoms with Crippen LogP contribution in [0.3, 0.4) is 0 Å². The van der Waals surface area contributed by atoms with Crippen LogP contribution in [-0.2, 0) is 22.3 Å². The molecule has 0 aliphatic carbocycles. The second kappa shape index (κ2) is 12.9. The van der Waals surface area contributed by atoms with Gasteiger partial charge in [0.25, 0.3) is 0 Å². The minimum atomic E-state index is -4.55. The van der Waals surface area contributed by atoms with E-state index in [2.05, 4.69) is 20.4 Å². The number of aromatic nitrogens is 3. The van der Waals surface area contributed by atoms with Crippen molar-refractivity contribution in [1.82, 2.24) is 14.8 Å². The highest BCUT2D eigenvalue weighted by atomic mass is 32.2. The Balaban J connectivity index is 1.30. The quantitative estimate of drug-likeness (QED) is 0.210. The number of amidine groups is 1. The molecule has 9 nitrogen and oxygen atoms in total. The third-order valence-corrected chi connectivity index (χ3v) is 7.45. The summed E-state index contributed by atoms with van der Waals surface area (Å²) in [7, 11) is 0. The number of aryl methyl sites for hydroxylation is 1. The summed E-state index contributed by atoms with van der Waals surface area (Å²) in [4.78, 5) is 34.6. The van der Waals surface area contributed by atoms with Crippen molar-refractivity contribution in [3.63, 3.8) is 0 Å². The Kier molecular flexibility index (Phi) is 9.16. The molecule has 1 aliphatic heterocycles. The maximum Gasteiger partial charge on any atom is 0.416 e. The van der Waals surface area contributed by atoms with E-state index in [1.807, 2.05) is 0 Å². The highest BCUT2D eigenvalue weighted by Gasteiger charge is 2.33. The first-order valence-electron chi connectivity index (χ1n) is 13.2. The van der Waals surface area contributed by atoms with Gasteiger partial charge in [-0.2, -0.15) is 31.3 Å². The minimum absolute atomic E-state index is 0.0689. The molecule has 0 saturated carbocycles. The Hall–Kier alpha value is -4.77. The van der Waals surface area contributed by atoms with Crippen molar-refractivity contribution in [2.45, 2.75) is 25.9 Å². The zero-order valence-corrected chi connectivity index (χ0v) is 24.3. The summed E-state index contributed by atoms with van der Waals surface area (Å²) in [5.41, 5.74) is 0.443. The van der Waals surface area contributed by atoms with E-state index in [0.717, 1.165) is 34.9 Å². The van der Waals surface area contributed by atoms with Gasteiger partial charge in [-0.25, -0.2) is 18.9 Å². The normalized spacial score (nSPS) is 14.7. The number of hydrogen-bond acceptors (Lipinski definition) is 6. The van der Waals surface area contributed by atoms with E-state index in [1.54, 1.807) is 19.1 Å². The molecule has 3 amide bonds. The summed E-state index contributed by atoms with van der Waals surface area (Å²) in [6, 6.07) is 11.5. The van der Waals surface area contributed by atoms with E-state index in [0.29, 0.717) is 16.7 Å². The Labute approximate surface area is 260 Å². The number of aliphatic imine (C=N–C) groups is 1. The summed E-state index contributed by atoms with van der Waals surface area (Å²) in [5, 5.41) is 6.39. The van der Waals surface area contributed by atoms with Gasteiger partial charge in [-0.3, -0.25) is 9.69 Å². The van der Waals surface area contributed by atoms with Gasteiger partial charge in [-0.05, 0) is 42.8 Å². The molecule has 17 heteroatoms. The molecule has 1 aromatic heterocycles. The van der Waals surface area contributed by atoms with E-state index in [1.165, 1.54) is 41.3 Å². The van der Waals surface area contributed by atoms with Gasteiger partial charge in [0, 0.05) is 17.2 Å². The number of carbonyl (C=O) groups excluding carboxylic acids is 2. The van der Waals surface area contributed by atoms with Gasteiger partial charge in [0.05, 0.1) is 35.0 Å². The van der Waals surface area contributed by atoms with Crippen molar-refractivity contribution in [1.29, 1.82) is 0 Å². The molecular weight excluding hydrogens is 645 g/mol. The molecule has 1 fully saturated rings. The van der Waals surface area contributed by atoms with Crippen molar-refractivity contribution >= 4 is 40.2 Å². The number of thioether (sulfide) groups is 1. The van der Waals surface area contributed by atoms with Crippen molar-refractivity contribution < 1.29 is 45.1 Å². The Bertz CT molecular complexity index is 1810. The number of amides is 3. The molecule has 5 rings (SSSR count). The van der Waals surface area contributed by atoms with Gasteiger partial charge in [0.1, 0.15) is 18.8 Å². The van der Waals surface area contributed by atoms with Crippen LogP contribution in [0.15, 0.2) is 72.0 Å². The third-order valence-electron chi connectivity index (χ3n) is 6.52. The zero-order chi connectivity index (χ0) is 33.2. The van der Waals surface area contributed by atoms with Gasteiger partial charge in [0.2, 0.25) is 5.91 Å². The number of ether oxygens (including phenoxy) is 1. The summed E-state index contributed by atoms with van der Waals surface area (Å²) >= 11 is 0.918. The maximum absolute atomic E-state index is 15.0. The van der Waals surface area contributed by atoms with Crippen LogP contribution in [0, 0.1) is 12.7 Å². The summed E-state index contributed by atoms with van der Waals surface area (Å²) in [6.07, 6.45) is -7.81. The topological polar surface area (TPSA) is 102 Å². The van der Waals surface area contributed by atoms with Gasteiger partial charge >= 0.3 is 18.4 Å². The Morgan fingerprint density at radius 3 is 2.48 bits per heavy atom. The molecule has 0 spiro atoms. The predicted octanol–water partition coefficient (Wildman–Crippen LogP) is 7.15. The van der Waals surface area contributed by atoms with E-state index < -0.39 is 48.9 Å². The smallest absolute Gasteiger partial charge is 0.367 e. The average Bonchev–Trinajstić information content (AvgIpc) is 3.61. The lowest BCUT2D eigenvalue weighted by Crippen LogP contribution is -2.31. The van der Waals surface area contributed by atoms with Gasteiger partial charge in [-0.15, -0.1) is 5.10 Å². The van der Waals surface area contributed by atoms with E-state index >= 15 is 4.39 Å². The number of rotatable bonds is 7. The standard InChI is InChI=1S/C29H21F7N6O3S/c1-16-3-2-4-23(20(16)12-45-14-28(31,32)33)42-24(43)13-46-27(42)39-26(44)38-22-10-9-19(11-21(22)30)41-15-37-25(40-41)17-5-7-18(8-6-17)29(34,35)36/h2-11,15H,12-14H2,1H3,(H,38,44). The van der Waals surface area contributed by atoms with Crippen LogP contribution in [0.2, 0.25) is 0 Å². The molecule has 0 atom stereocenters. The van der Waals surface area contributed by atoms with Gasteiger partial charge < -0.3 is 10.1 Å². The number of carbonyl (C=O) groups is 2. The van der Waals surface area contributed by atoms with Crippen LogP contribution in [0.1, 0.15) is 16.7 Å². The lowest BCUT2D eigenvalue weighted by molar-refractivity contribution is -0.176. The van der Waals surface area contributed by atoms with Crippen molar-refractivity contribution in [2.24, 2.45) is 4.99 Å². The summed E-state index contributed by atoms with van der Waals surface area (Å²) < 4.78 is 97.4. The first kappa shape index (κ1) is 32.6. The summed E-state index contributed by atoms with van der Waals surface area (Å²) in [5.74, 6) is -1.36. The van der Waals surface area contributed by atoms with E-state index in [-0.39, 0.29) is 33.8 Å². The molecule has 0 radical (unpaired) electrons. The number of halogens is 7. The number of anilines is 2. The average molecular weight is 667 g/mol. The fraction of sp³-hybridized carbons (Fsp3) is 0.207. The van der Waals surface area contributed by atoms with Crippen LogP contribution in [-0.4, -0.2) is 50.4 Å². The molecule has 2 heterocycles. The lowest BCUT2D eigenvalue weighted by atomic mass is 10.1. The zero-order valence-electron chi connectivity index (χ0n) is 23.5. The van der Waals surface area contributed by atoms with Crippen molar-refractivity contribution in [3.8, 4) is 17.1 Å². The van der Waals surface area contributed by atoms with Crippen molar-refractivity contribution in [2.75, 3.05) is 22.6 Å². The first-order valence-corrected chi connectivity index (χ1v) is 14.2. The van der Waals surface area contributed by atoms with Crippen LogP contribution in [0.5, 0.6) is 0 Å². The first-order chi connectivity index (χ1) is 21.7. The second-order valence-electron chi connectivity index (χ2n) is 9.77. The molecular formula is C29H21F7N6O3S. The number of hydrogen-bond donors (Lipinski definition) is 1. The van der Waals surface area contributed by atoms with Crippen LogP contribution in [0.4, 0.5) is 46.9 Å². The fourth-order valence-corrected chi connectivity index (χ4v) is 5.20. The van der Waals surface area contributed by atoms with Crippen LogP contribution >= 0.6 is 11.8 Å². The van der Waals surface area contributed by atoms with Crippen LogP contribution < -0.4 is 10.2 Å². The maximum atomic E-state index is 15.0. The Morgan fingerprint density at radius 1 is 1.07 bits per heavy atom. The second-order valence-corrected chi connectivity index (χ2v) is 10.7. The molecule has 0 unspecified atom stereocenters.